The maximum Gasteiger partial charge on any atom is 0.449 e. The number of carbonyl (C=O) groups is 2. The van der Waals surface area contributed by atoms with Crippen molar-refractivity contribution in [3.63, 3.8) is 0 Å². The minimum Gasteiger partial charge on any atom is -0.444 e. The molecule has 1 unspecified atom stereocenters. The summed E-state index contributed by atoms with van der Waals surface area (Å²) in [6.07, 6.45) is -5.42. The van der Waals surface area contributed by atoms with E-state index in [0.29, 0.717) is 12.1 Å². The largest absolute Gasteiger partial charge is 0.449 e. The van der Waals surface area contributed by atoms with Gasteiger partial charge < -0.3 is 19.5 Å². The van der Waals surface area contributed by atoms with Crippen LogP contribution in [-0.2, 0) is 35.2 Å². The van der Waals surface area contributed by atoms with E-state index in [1.807, 2.05) is 0 Å². The van der Waals surface area contributed by atoms with Crippen LogP contribution in [0, 0.1) is 17.5 Å². The van der Waals surface area contributed by atoms with Crippen LogP contribution in [0.5, 0.6) is 0 Å². The zero-order chi connectivity index (χ0) is 31.9. The average Bonchev–Trinajstić information content (AvgIpc) is 3.27. The Morgan fingerprint density at radius 2 is 1.74 bits per heavy atom. The van der Waals surface area contributed by atoms with Crippen molar-refractivity contribution in [2.45, 2.75) is 64.5 Å². The van der Waals surface area contributed by atoms with Gasteiger partial charge in [-0.25, -0.2) is 27.9 Å². The maximum absolute atomic E-state index is 14.4. The van der Waals surface area contributed by atoms with E-state index in [9.17, 15) is 35.9 Å². The molecule has 1 aliphatic rings. The lowest BCUT2D eigenvalue weighted by atomic mass is 10.0. The van der Waals surface area contributed by atoms with Gasteiger partial charge in [0.15, 0.2) is 11.6 Å². The highest BCUT2D eigenvalue weighted by Gasteiger charge is 2.41. The zero-order valence-corrected chi connectivity index (χ0v) is 24.5. The number of pyridine rings is 1. The number of hydrogen-bond donors (Lipinski definition) is 1. The maximum atomic E-state index is 14.4. The normalized spacial score (nSPS) is 14.3. The first-order valence-electron chi connectivity index (χ1n) is 12.8. The summed E-state index contributed by atoms with van der Waals surface area (Å²) in [7, 11) is 0. The Kier molecular flexibility index (Phi) is 9.21. The second-order valence-electron chi connectivity index (χ2n) is 10.8. The number of alkyl carbamates (subject to hydrolysis) is 1. The Labute approximate surface area is 251 Å². The third-order valence-corrected chi connectivity index (χ3v) is 7.18. The quantitative estimate of drug-likeness (QED) is 0.185. The number of aromatic nitrogens is 3. The molecule has 1 aromatic carbocycles. The summed E-state index contributed by atoms with van der Waals surface area (Å²) in [4.78, 5) is 34.8. The van der Waals surface area contributed by atoms with Crippen LogP contribution >= 0.6 is 23.2 Å². The summed E-state index contributed by atoms with van der Waals surface area (Å²) in [6.45, 7) is 4.01. The molecule has 8 nitrogen and oxygen atoms in total. The van der Waals surface area contributed by atoms with Crippen molar-refractivity contribution in [3.8, 4) is 11.3 Å². The minimum absolute atomic E-state index is 0.0272. The number of fused-ring (bicyclic) bond motifs is 1. The summed E-state index contributed by atoms with van der Waals surface area (Å²) in [6, 6.07) is 1.15. The van der Waals surface area contributed by atoms with Crippen LogP contribution in [0.15, 0.2) is 24.4 Å². The predicted octanol–water partition coefficient (Wildman–Crippen LogP) is 6.56. The molecule has 0 bridgehead atoms. The molecule has 0 saturated carbocycles. The minimum atomic E-state index is -4.82. The van der Waals surface area contributed by atoms with Gasteiger partial charge in [-0.2, -0.15) is 13.2 Å². The first-order valence-corrected chi connectivity index (χ1v) is 13.6. The van der Waals surface area contributed by atoms with E-state index in [1.54, 1.807) is 20.8 Å². The number of nitrogens with one attached hydrogen (secondary N) is 1. The number of rotatable bonds is 6. The molecule has 1 aliphatic heterocycles. The first kappa shape index (κ1) is 32.4. The molecule has 1 atom stereocenters. The third-order valence-electron chi connectivity index (χ3n) is 6.41. The molecule has 0 radical (unpaired) electrons. The molecular formula is C27H25Cl2F6N5O3. The second kappa shape index (κ2) is 12.2. The molecule has 0 fully saturated rings. The fourth-order valence-corrected chi connectivity index (χ4v) is 4.95. The molecule has 0 aliphatic carbocycles. The number of amides is 2. The Morgan fingerprint density at radius 3 is 2.40 bits per heavy atom. The van der Waals surface area contributed by atoms with Crippen LogP contribution in [0.25, 0.3) is 11.3 Å². The predicted molar refractivity (Wildman–Crippen MR) is 144 cm³/mol. The molecule has 0 spiro atoms. The van der Waals surface area contributed by atoms with Crippen molar-refractivity contribution in [2.75, 3.05) is 6.54 Å². The number of imidazole rings is 1. The van der Waals surface area contributed by atoms with Crippen molar-refractivity contribution in [3.05, 3.63) is 69.1 Å². The SMILES string of the molecule is CC(C)(C)OC(=O)NC(CC(=O)N1CCn2c(C(F)(F)F)nc(-c3ccnc(Cl)c3Cl)c2C1)Cc1cc(F)c(F)cc1F. The smallest absolute Gasteiger partial charge is 0.444 e. The highest BCUT2D eigenvalue weighted by Crippen LogP contribution is 2.39. The molecule has 4 rings (SSSR count). The molecule has 232 valence electrons. The summed E-state index contributed by atoms with van der Waals surface area (Å²) in [5.41, 5.74) is -1.29. The van der Waals surface area contributed by atoms with E-state index in [1.165, 1.54) is 17.2 Å². The Bertz CT molecular complexity index is 1560. The second-order valence-corrected chi connectivity index (χ2v) is 11.5. The third kappa shape index (κ3) is 7.53. The summed E-state index contributed by atoms with van der Waals surface area (Å²) in [5, 5.41) is 2.17. The van der Waals surface area contributed by atoms with Crippen molar-refractivity contribution in [1.29, 1.82) is 0 Å². The topological polar surface area (TPSA) is 89.4 Å². The highest BCUT2D eigenvalue weighted by atomic mass is 35.5. The number of nitrogens with zero attached hydrogens (tertiary/aromatic N) is 4. The van der Waals surface area contributed by atoms with Crippen LogP contribution in [0.1, 0.15) is 44.3 Å². The van der Waals surface area contributed by atoms with Crippen LogP contribution in [0.2, 0.25) is 10.2 Å². The van der Waals surface area contributed by atoms with Gasteiger partial charge in [0.1, 0.15) is 16.6 Å². The van der Waals surface area contributed by atoms with E-state index in [0.717, 1.165) is 4.57 Å². The van der Waals surface area contributed by atoms with E-state index in [-0.39, 0.29) is 52.3 Å². The number of hydrogen-bond acceptors (Lipinski definition) is 5. The number of ether oxygens (including phenoxy) is 1. The molecule has 16 heteroatoms. The standard InChI is InChI=1S/C27H25Cl2F6N5O3/c1-26(2,3)43-25(42)37-14(8-13-9-17(31)18(32)11-16(13)30)10-20(41)39-6-7-40-19(12-39)22(38-24(40)27(33,34)35)15-4-5-36-23(29)21(15)28/h4-5,9,11,14H,6-8,10,12H2,1-3H3,(H,37,42). The lowest BCUT2D eigenvalue weighted by Gasteiger charge is -2.31. The fourth-order valence-electron chi connectivity index (χ4n) is 4.59. The molecule has 3 heterocycles. The van der Waals surface area contributed by atoms with Gasteiger partial charge in [-0.15, -0.1) is 0 Å². The number of carbonyl (C=O) groups excluding carboxylic acids is 2. The number of halogens is 8. The Hall–Kier alpha value is -3.52. The summed E-state index contributed by atoms with van der Waals surface area (Å²) in [5.74, 6) is -5.65. The van der Waals surface area contributed by atoms with E-state index in [4.69, 9.17) is 27.9 Å². The van der Waals surface area contributed by atoms with Gasteiger partial charge in [-0.05, 0) is 44.9 Å². The van der Waals surface area contributed by atoms with Gasteiger partial charge in [-0.1, -0.05) is 23.2 Å². The van der Waals surface area contributed by atoms with Crippen molar-refractivity contribution in [2.24, 2.45) is 0 Å². The first-order chi connectivity index (χ1) is 19.9. The van der Waals surface area contributed by atoms with Crippen LogP contribution < -0.4 is 5.32 Å². The molecule has 43 heavy (non-hydrogen) atoms. The van der Waals surface area contributed by atoms with Gasteiger partial charge in [0.2, 0.25) is 11.7 Å². The lowest BCUT2D eigenvalue weighted by molar-refractivity contribution is -0.148. The van der Waals surface area contributed by atoms with Crippen LogP contribution in [0.4, 0.5) is 31.1 Å². The van der Waals surface area contributed by atoms with Crippen molar-refractivity contribution in [1.82, 2.24) is 24.8 Å². The molecule has 1 N–H and O–H groups in total. The molecule has 2 aromatic heterocycles. The van der Waals surface area contributed by atoms with Crippen molar-refractivity contribution < 1.29 is 40.7 Å². The van der Waals surface area contributed by atoms with Crippen molar-refractivity contribution >= 4 is 35.2 Å². The molecule has 3 aromatic rings. The van der Waals surface area contributed by atoms with E-state index >= 15 is 0 Å². The van der Waals surface area contributed by atoms with Gasteiger partial charge in [0.25, 0.3) is 0 Å². The van der Waals surface area contributed by atoms with E-state index < -0.39 is 65.9 Å². The van der Waals surface area contributed by atoms with E-state index in [2.05, 4.69) is 15.3 Å². The molecule has 0 saturated heterocycles. The van der Waals surface area contributed by atoms with Gasteiger partial charge in [0.05, 0.1) is 23.0 Å². The summed E-state index contributed by atoms with van der Waals surface area (Å²) < 4.78 is 89.6. The van der Waals surface area contributed by atoms with Gasteiger partial charge in [0, 0.05) is 43.4 Å². The van der Waals surface area contributed by atoms with Gasteiger partial charge in [-0.3, -0.25) is 4.79 Å². The van der Waals surface area contributed by atoms with Gasteiger partial charge >= 0.3 is 12.3 Å². The highest BCUT2D eigenvalue weighted by molar-refractivity contribution is 6.42. The molecule has 2 amide bonds. The zero-order valence-electron chi connectivity index (χ0n) is 23.0. The Morgan fingerprint density at radius 1 is 1.07 bits per heavy atom. The summed E-state index contributed by atoms with van der Waals surface area (Å²) >= 11 is 12.2. The lowest BCUT2D eigenvalue weighted by Crippen LogP contribution is -2.45. The average molecular weight is 652 g/mol. The number of benzene rings is 1. The molecular weight excluding hydrogens is 627 g/mol. The fraction of sp³-hybridized carbons (Fsp3) is 0.407. The van der Waals surface area contributed by atoms with Crippen LogP contribution in [-0.4, -0.2) is 49.6 Å². The number of alkyl halides is 3. The monoisotopic (exact) mass is 651 g/mol. The Balaban J connectivity index is 1.63. The van der Waals surface area contributed by atoms with Crippen LogP contribution in [0.3, 0.4) is 0 Å².